The fraction of sp³-hybridized carbons (Fsp3) is 0.389. The zero-order chi connectivity index (χ0) is 21.8. The molecule has 158 valence electrons. The molecule has 0 aliphatic heterocycles. The van der Waals surface area contributed by atoms with Crippen LogP contribution in [0.25, 0.3) is 0 Å². The van der Waals surface area contributed by atoms with Gasteiger partial charge in [-0.05, 0) is 39.0 Å². The van der Waals surface area contributed by atoms with E-state index in [1.807, 2.05) is 0 Å². The minimum atomic E-state index is -4.71. The Hall–Kier alpha value is -2.26. The van der Waals surface area contributed by atoms with Crippen molar-refractivity contribution in [3.63, 3.8) is 0 Å². The van der Waals surface area contributed by atoms with Gasteiger partial charge in [0.1, 0.15) is 17.9 Å². The fourth-order valence-electron chi connectivity index (χ4n) is 2.40. The summed E-state index contributed by atoms with van der Waals surface area (Å²) in [5.74, 6) is -1.19. The molecule has 0 fully saturated rings. The highest BCUT2D eigenvalue weighted by Gasteiger charge is 2.38. The number of nitrogens with zero attached hydrogens (tertiary/aromatic N) is 3. The Balaban J connectivity index is 2.46. The van der Waals surface area contributed by atoms with Crippen molar-refractivity contribution in [3.05, 3.63) is 40.0 Å². The molecule has 2 aromatic rings. The summed E-state index contributed by atoms with van der Waals surface area (Å²) in [7, 11) is 0. The first kappa shape index (κ1) is 23.0. The van der Waals surface area contributed by atoms with E-state index in [0.29, 0.717) is 16.9 Å². The number of anilines is 3. The van der Waals surface area contributed by atoms with E-state index in [-0.39, 0.29) is 17.6 Å². The van der Waals surface area contributed by atoms with Crippen molar-refractivity contribution >= 4 is 46.6 Å². The molecule has 0 saturated carbocycles. The first-order chi connectivity index (χ1) is 13.5. The molecule has 0 atom stereocenters. The second kappa shape index (κ2) is 9.49. The molecule has 1 N–H and O–H groups in total. The van der Waals surface area contributed by atoms with Gasteiger partial charge in [0.25, 0.3) is 0 Å². The monoisotopic (exact) mass is 450 g/mol. The van der Waals surface area contributed by atoms with Crippen LogP contribution in [-0.4, -0.2) is 35.1 Å². The third-order valence-corrected chi connectivity index (χ3v) is 4.49. The van der Waals surface area contributed by atoms with Crippen molar-refractivity contribution in [1.29, 1.82) is 0 Å². The number of nitrogens with one attached hydrogen (secondary N) is 1. The molecule has 2 rings (SSSR count). The summed E-state index contributed by atoms with van der Waals surface area (Å²) in [6.07, 6.45) is -4.04. The first-order valence-corrected chi connectivity index (χ1v) is 9.37. The molecule has 0 amide bonds. The number of halogens is 5. The van der Waals surface area contributed by atoms with Crippen molar-refractivity contribution in [3.8, 4) is 0 Å². The predicted molar refractivity (Wildman–Crippen MR) is 106 cm³/mol. The minimum Gasteiger partial charge on any atom is -0.465 e. The number of benzene rings is 1. The van der Waals surface area contributed by atoms with E-state index < -0.39 is 36.1 Å². The van der Waals surface area contributed by atoms with Gasteiger partial charge in [0.2, 0.25) is 5.95 Å². The average Bonchev–Trinajstić information content (AvgIpc) is 2.62. The van der Waals surface area contributed by atoms with Gasteiger partial charge in [0, 0.05) is 17.9 Å². The van der Waals surface area contributed by atoms with Crippen molar-refractivity contribution in [2.45, 2.75) is 33.0 Å². The molecule has 0 aliphatic rings. The van der Waals surface area contributed by atoms with Crippen molar-refractivity contribution in [1.82, 2.24) is 9.97 Å². The summed E-state index contributed by atoms with van der Waals surface area (Å²) in [6, 6.07) is 4.13. The molecule has 6 nitrogen and oxygen atoms in total. The lowest BCUT2D eigenvalue weighted by atomic mass is 10.2. The fourth-order valence-corrected chi connectivity index (χ4v) is 2.70. The molecular formula is C18H19Cl2F3N4O2. The van der Waals surface area contributed by atoms with Crippen LogP contribution in [0.5, 0.6) is 0 Å². The number of carbonyl (C=O) groups is 1. The number of carbonyl (C=O) groups excluding carboxylic acids is 1. The van der Waals surface area contributed by atoms with Crippen LogP contribution in [0.4, 0.5) is 30.6 Å². The second-order valence-corrected chi connectivity index (χ2v) is 7.02. The average molecular weight is 451 g/mol. The standard InChI is InChI=1S/C18H19Cl2F3N4O2/c1-4-29-15(28)9-27(10(2)3)16-12(18(21,22)23)8-24-17(26-16)25-11-5-6-13(19)14(20)7-11/h5-8,10H,4,9H2,1-3H3,(H,24,25,26). The van der Waals surface area contributed by atoms with E-state index in [9.17, 15) is 18.0 Å². The summed E-state index contributed by atoms with van der Waals surface area (Å²) in [6.45, 7) is 4.63. The highest BCUT2D eigenvalue weighted by atomic mass is 35.5. The molecular weight excluding hydrogens is 432 g/mol. The number of alkyl halides is 3. The van der Waals surface area contributed by atoms with Crippen molar-refractivity contribution in [2.24, 2.45) is 0 Å². The van der Waals surface area contributed by atoms with E-state index >= 15 is 0 Å². The number of rotatable bonds is 7. The third kappa shape index (κ3) is 6.11. The Morgan fingerprint density at radius 1 is 1.28 bits per heavy atom. The number of esters is 1. The molecule has 0 unspecified atom stereocenters. The molecule has 0 radical (unpaired) electrons. The highest BCUT2D eigenvalue weighted by Crippen LogP contribution is 2.36. The smallest absolute Gasteiger partial charge is 0.421 e. The van der Waals surface area contributed by atoms with Crippen LogP contribution in [0.2, 0.25) is 10.0 Å². The Labute approximate surface area is 176 Å². The van der Waals surface area contributed by atoms with Crippen LogP contribution in [0.1, 0.15) is 26.3 Å². The van der Waals surface area contributed by atoms with E-state index in [4.69, 9.17) is 27.9 Å². The molecule has 1 heterocycles. The lowest BCUT2D eigenvalue weighted by Crippen LogP contribution is -2.38. The van der Waals surface area contributed by atoms with Crippen LogP contribution < -0.4 is 10.2 Å². The Bertz CT molecular complexity index is 879. The quantitative estimate of drug-likeness (QED) is 0.575. The molecule has 0 spiro atoms. The van der Waals surface area contributed by atoms with Gasteiger partial charge < -0.3 is 15.0 Å². The maximum Gasteiger partial charge on any atom is 0.421 e. The first-order valence-electron chi connectivity index (χ1n) is 8.61. The lowest BCUT2D eigenvalue weighted by molar-refractivity contribution is -0.142. The Kier molecular flexibility index (Phi) is 7.54. The highest BCUT2D eigenvalue weighted by molar-refractivity contribution is 6.42. The third-order valence-electron chi connectivity index (χ3n) is 3.75. The number of hydrogen-bond donors (Lipinski definition) is 1. The molecule has 11 heteroatoms. The van der Waals surface area contributed by atoms with Crippen LogP contribution in [0, 0.1) is 0 Å². The van der Waals surface area contributed by atoms with Gasteiger partial charge in [-0.15, -0.1) is 0 Å². The molecule has 1 aromatic carbocycles. The van der Waals surface area contributed by atoms with Crippen LogP contribution >= 0.6 is 23.2 Å². The molecule has 0 aliphatic carbocycles. The molecule has 29 heavy (non-hydrogen) atoms. The van der Waals surface area contributed by atoms with E-state index in [1.54, 1.807) is 26.8 Å². The maximum absolute atomic E-state index is 13.5. The van der Waals surface area contributed by atoms with E-state index in [1.165, 1.54) is 17.0 Å². The lowest BCUT2D eigenvalue weighted by Gasteiger charge is -2.29. The van der Waals surface area contributed by atoms with Crippen LogP contribution in [0.15, 0.2) is 24.4 Å². The van der Waals surface area contributed by atoms with Gasteiger partial charge in [-0.1, -0.05) is 23.2 Å². The number of ether oxygens (including phenoxy) is 1. The normalized spacial score (nSPS) is 11.5. The van der Waals surface area contributed by atoms with Gasteiger partial charge in [0.15, 0.2) is 0 Å². The second-order valence-electron chi connectivity index (χ2n) is 6.21. The van der Waals surface area contributed by atoms with Crippen molar-refractivity contribution < 1.29 is 22.7 Å². The Morgan fingerprint density at radius 3 is 2.52 bits per heavy atom. The SMILES string of the molecule is CCOC(=O)CN(c1nc(Nc2ccc(Cl)c(Cl)c2)ncc1C(F)(F)F)C(C)C. The minimum absolute atomic E-state index is 0.0964. The Morgan fingerprint density at radius 2 is 1.97 bits per heavy atom. The molecule has 0 saturated heterocycles. The van der Waals surface area contributed by atoms with Gasteiger partial charge in [-0.3, -0.25) is 4.79 Å². The summed E-state index contributed by atoms with van der Waals surface area (Å²) in [5, 5.41) is 3.37. The van der Waals surface area contributed by atoms with Crippen LogP contribution in [-0.2, 0) is 15.7 Å². The molecule has 1 aromatic heterocycles. The van der Waals surface area contributed by atoms with E-state index in [0.717, 1.165) is 0 Å². The largest absolute Gasteiger partial charge is 0.465 e. The van der Waals surface area contributed by atoms with Crippen molar-refractivity contribution in [2.75, 3.05) is 23.4 Å². The zero-order valence-electron chi connectivity index (χ0n) is 15.8. The van der Waals surface area contributed by atoms with Crippen LogP contribution in [0.3, 0.4) is 0 Å². The summed E-state index contributed by atoms with van der Waals surface area (Å²) in [5.41, 5.74) is -0.623. The van der Waals surface area contributed by atoms with Gasteiger partial charge >= 0.3 is 12.1 Å². The molecule has 0 bridgehead atoms. The maximum atomic E-state index is 13.5. The van der Waals surface area contributed by atoms with Gasteiger partial charge in [0.05, 0.1) is 16.7 Å². The van der Waals surface area contributed by atoms with Gasteiger partial charge in [-0.25, -0.2) is 4.98 Å². The topological polar surface area (TPSA) is 67.3 Å². The van der Waals surface area contributed by atoms with Gasteiger partial charge in [-0.2, -0.15) is 18.2 Å². The number of aromatic nitrogens is 2. The number of hydrogen-bond acceptors (Lipinski definition) is 6. The summed E-state index contributed by atoms with van der Waals surface area (Å²) in [4.78, 5) is 20.9. The van der Waals surface area contributed by atoms with E-state index in [2.05, 4.69) is 15.3 Å². The predicted octanol–water partition coefficient (Wildman–Crippen LogP) is 5.32. The summed E-state index contributed by atoms with van der Waals surface area (Å²) < 4.78 is 45.5. The zero-order valence-corrected chi connectivity index (χ0v) is 17.4. The summed E-state index contributed by atoms with van der Waals surface area (Å²) >= 11 is 11.8.